The van der Waals surface area contributed by atoms with Crippen LogP contribution in [-0.2, 0) is 0 Å². The van der Waals surface area contributed by atoms with Crippen molar-refractivity contribution in [3.05, 3.63) is 35.6 Å². The fourth-order valence-corrected chi connectivity index (χ4v) is 3.28. The molecule has 4 heteroatoms. The van der Waals surface area contributed by atoms with E-state index in [0.29, 0.717) is 6.04 Å². The van der Waals surface area contributed by atoms with Crippen LogP contribution in [0.3, 0.4) is 0 Å². The van der Waals surface area contributed by atoms with Gasteiger partial charge in [0.25, 0.3) is 0 Å². The van der Waals surface area contributed by atoms with E-state index in [4.69, 9.17) is 0 Å². The second-order valence-electron chi connectivity index (χ2n) is 6.15. The zero-order chi connectivity index (χ0) is 15.8. The molecule has 0 spiro atoms. The van der Waals surface area contributed by atoms with Crippen LogP contribution in [-0.4, -0.2) is 55.6 Å². The van der Waals surface area contributed by atoms with E-state index in [9.17, 15) is 4.39 Å². The smallest absolute Gasteiger partial charge is 0.123 e. The van der Waals surface area contributed by atoms with Crippen LogP contribution in [0.1, 0.15) is 38.3 Å². The molecule has 1 aliphatic rings. The van der Waals surface area contributed by atoms with E-state index in [-0.39, 0.29) is 5.82 Å². The third-order valence-corrected chi connectivity index (χ3v) is 4.36. The van der Waals surface area contributed by atoms with Crippen molar-refractivity contribution >= 4 is 0 Å². The first kappa shape index (κ1) is 17.4. The standard InChI is InChI=1S/C18H30FN3/c1-3-11-21(12-4-2)15-18(22-13-9-20-10-14-22)16-5-7-17(19)8-6-16/h5-8,18,20H,3-4,9-15H2,1-2H3. The second-order valence-corrected chi connectivity index (χ2v) is 6.15. The van der Waals surface area contributed by atoms with Gasteiger partial charge in [0.1, 0.15) is 5.82 Å². The van der Waals surface area contributed by atoms with Gasteiger partial charge in [-0.05, 0) is 43.6 Å². The summed E-state index contributed by atoms with van der Waals surface area (Å²) in [6.07, 6.45) is 2.36. The minimum absolute atomic E-state index is 0.151. The lowest BCUT2D eigenvalue weighted by Gasteiger charge is -2.38. The minimum Gasteiger partial charge on any atom is -0.314 e. The van der Waals surface area contributed by atoms with E-state index >= 15 is 0 Å². The number of rotatable bonds is 8. The molecule has 0 bridgehead atoms. The van der Waals surface area contributed by atoms with Crippen molar-refractivity contribution in [1.82, 2.24) is 15.1 Å². The first-order chi connectivity index (χ1) is 10.7. The molecule has 0 radical (unpaired) electrons. The highest BCUT2D eigenvalue weighted by atomic mass is 19.1. The Morgan fingerprint density at radius 3 is 2.23 bits per heavy atom. The Morgan fingerprint density at radius 1 is 1.09 bits per heavy atom. The van der Waals surface area contributed by atoms with Gasteiger partial charge in [-0.3, -0.25) is 4.90 Å². The summed E-state index contributed by atoms with van der Waals surface area (Å²) in [6, 6.07) is 7.46. The summed E-state index contributed by atoms with van der Waals surface area (Å²) in [6.45, 7) is 12.0. The molecule has 0 saturated carbocycles. The SMILES string of the molecule is CCCN(CCC)CC(c1ccc(F)cc1)N1CCNCC1. The van der Waals surface area contributed by atoms with Crippen LogP contribution in [0.5, 0.6) is 0 Å². The van der Waals surface area contributed by atoms with E-state index < -0.39 is 0 Å². The molecule has 3 nitrogen and oxygen atoms in total. The van der Waals surface area contributed by atoms with Gasteiger partial charge in [0.15, 0.2) is 0 Å². The number of halogens is 1. The maximum Gasteiger partial charge on any atom is 0.123 e. The molecule has 22 heavy (non-hydrogen) atoms. The van der Waals surface area contributed by atoms with Crippen LogP contribution < -0.4 is 5.32 Å². The van der Waals surface area contributed by atoms with Gasteiger partial charge in [-0.15, -0.1) is 0 Å². The number of benzene rings is 1. The zero-order valence-electron chi connectivity index (χ0n) is 14.0. The van der Waals surface area contributed by atoms with Crippen LogP contribution in [0.4, 0.5) is 4.39 Å². The van der Waals surface area contributed by atoms with E-state index in [2.05, 4.69) is 29.0 Å². The molecule has 1 atom stereocenters. The van der Waals surface area contributed by atoms with Gasteiger partial charge in [-0.25, -0.2) is 4.39 Å². The van der Waals surface area contributed by atoms with Gasteiger partial charge in [0.05, 0.1) is 0 Å². The Hall–Kier alpha value is -0.970. The molecular formula is C18H30FN3. The second kappa shape index (κ2) is 9.23. The van der Waals surface area contributed by atoms with E-state index in [1.807, 2.05) is 12.1 Å². The first-order valence-corrected chi connectivity index (χ1v) is 8.67. The number of nitrogens with one attached hydrogen (secondary N) is 1. The molecule has 124 valence electrons. The highest BCUT2D eigenvalue weighted by molar-refractivity contribution is 5.20. The molecule has 2 rings (SSSR count). The molecule has 1 unspecified atom stereocenters. The maximum atomic E-state index is 13.3. The van der Waals surface area contributed by atoms with Crippen molar-refractivity contribution in [3.63, 3.8) is 0 Å². The van der Waals surface area contributed by atoms with Crippen LogP contribution >= 0.6 is 0 Å². The van der Waals surface area contributed by atoms with Crippen LogP contribution in [0.15, 0.2) is 24.3 Å². The third kappa shape index (κ3) is 5.04. The molecule has 0 aliphatic carbocycles. The summed E-state index contributed by atoms with van der Waals surface area (Å²) in [5, 5.41) is 3.42. The minimum atomic E-state index is -0.151. The quantitative estimate of drug-likeness (QED) is 0.797. The Kier molecular flexibility index (Phi) is 7.30. The molecule has 1 saturated heterocycles. The molecule has 0 aromatic heterocycles. The lowest BCUT2D eigenvalue weighted by Crippen LogP contribution is -2.48. The average molecular weight is 307 g/mol. The lowest BCUT2D eigenvalue weighted by atomic mass is 10.0. The van der Waals surface area contributed by atoms with Crippen LogP contribution in [0.25, 0.3) is 0 Å². The van der Waals surface area contributed by atoms with Gasteiger partial charge in [0.2, 0.25) is 0 Å². The molecule has 1 N–H and O–H groups in total. The van der Waals surface area contributed by atoms with Crippen molar-refractivity contribution in [2.24, 2.45) is 0 Å². The van der Waals surface area contributed by atoms with Crippen molar-refractivity contribution in [1.29, 1.82) is 0 Å². The predicted octanol–water partition coefficient (Wildman–Crippen LogP) is 2.89. The molecular weight excluding hydrogens is 277 g/mol. The Balaban J connectivity index is 2.14. The Morgan fingerprint density at radius 2 is 1.68 bits per heavy atom. The number of hydrogen-bond acceptors (Lipinski definition) is 3. The number of nitrogens with zero attached hydrogens (tertiary/aromatic N) is 2. The normalized spacial score (nSPS) is 17.8. The van der Waals surface area contributed by atoms with Crippen molar-refractivity contribution in [2.75, 3.05) is 45.8 Å². The topological polar surface area (TPSA) is 18.5 Å². The summed E-state index contributed by atoms with van der Waals surface area (Å²) in [7, 11) is 0. The van der Waals surface area contributed by atoms with Crippen molar-refractivity contribution < 1.29 is 4.39 Å². The fraction of sp³-hybridized carbons (Fsp3) is 0.667. The summed E-state index contributed by atoms with van der Waals surface area (Å²) < 4.78 is 13.3. The van der Waals surface area contributed by atoms with Gasteiger partial charge in [-0.2, -0.15) is 0 Å². The molecule has 1 aromatic carbocycles. The van der Waals surface area contributed by atoms with E-state index in [0.717, 1.165) is 45.8 Å². The Labute approximate surface area is 134 Å². The fourth-order valence-electron chi connectivity index (χ4n) is 3.28. The monoisotopic (exact) mass is 307 g/mol. The van der Waals surface area contributed by atoms with Crippen LogP contribution in [0, 0.1) is 5.82 Å². The van der Waals surface area contributed by atoms with Gasteiger partial charge >= 0.3 is 0 Å². The molecule has 1 heterocycles. The summed E-state index contributed by atoms with van der Waals surface area (Å²) in [5.74, 6) is -0.151. The van der Waals surface area contributed by atoms with E-state index in [1.165, 1.54) is 18.4 Å². The summed E-state index contributed by atoms with van der Waals surface area (Å²) >= 11 is 0. The number of piperazine rings is 1. The highest BCUT2D eigenvalue weighted by Crippen LogP contribution is 2.23. The average Bonchev–Trinajstić information content (AvgIpc) is 2.55. The van der Waals surface area contributed by atoms with Gasteiger partial charge < -0.3 is 10.2 Å². The Bertz CT molecular complexity index is 409. The third-order valence-electron chi connectivity index (χ3n) is 4.36. The largest absolute Gasteiger partial charge is 0.314 e. The van der Waals surface area contributed by atoms with E-state index in [1.54, 1.807) is 12.1 Å². The van der Waals surface area contributed by atoms with Crippen molar-refractivity contribution in [2.45, 2.75) is 32.7 Å². The van der Waals surface area contributed by atoms with Gasteiger partial charge in [-0.1, -0.05) is 26.0 Å². The number of hydrogen-bond donors (Lipinski definition) is 1. The van der Waals surface area contributed by atoms with Crippen molar-refractivity contribution in [3.8, 4) is 0 Å². The zero-order valence-corrected chi connectivity index (χ0v) is 14.0. The first-order valence-electron chi connectivity index (χ1n) is 8.67. The molecule has 0 amide bonds. The highest BCUT2D eigenvalue weighted by Gasteiger charge is 2.24. The van der Waals surface area contributed by atoms with Gasteiger partial charge in [0, 0.05) is 38.8 Å². The molecule has 1 aliphatic heterocycles. The molecule has 1 fully saturated rings. The summed E-state index contributed by atoms with van der Waals surface area (Å²) in [4.78, 5) is 5.10. The summed E-state index contributed by atoms with van der Waals surface area (Å²) in [5.41, 5.74) is 1.24. The lowest BCUT2D eigenvalue weighted by molar-refractivity contribution is 0.124. The van der Waals surface area contributed by atoms with Crippen LogP contribution in [0.2, 0.25) is 0 Å². The molecule has 1 aromatic rings. The predicted molar refractivity (Wildman–Crippen MR) is 90.6 cm³/mol. The maximum absolute atomic E-state index is 13.3.